The van der Waals surface area contributed by atoms with E-state index in [0.29, 0.717) is 29.2 Å². The van der Waals surface area contributed by atoms with Crippen LogP contribution in [-0.2, 0) is 19.0 Å². The number of nitrogens with one attached hydrogen (secondary N) is 2. The zero-order valence-electron chi connectivity index (χ0n) is 22.6. The van der Waals surface area contributed by atoms with E-state index in [2.05, 4.69) is 36.4 Å². The Morgan fingerprint density at radius 3 is 2.37 bits per heavy atom. The van der Waals surface area contributed by atoms with E-state index < -0.39 is 0 Å². The molecule has 196 valence electrons. The minimum atomic E-state index is -0.325. The Morgan fingerprint density at radius 1 is 1.03 bits per heavy atom. The molecule has 0 atom stereocenters. The fourth-order valence-corrected chi connectivity index (χ4v) is 4.17. The third kappa shape index (κ3) is 5.59. The summed E-state index contributed by atoms with van der Waals surface area (Å²) in [6, 6.07) is 16.4. The van der Waals surface area contributed by atoms with Gasteiger partial charge in [0, 0.05) is 54.6 Å². The Morgan fingerprint density at radius 2 is 1.74 bits per heavy atom. The number of hydrogen-bond acceptors (Lipinski definition) is 5. The number of anilines is 3. The van der Waals surface area contributed by atoms with Crippen LogP contribution in [-0.4, -0.2) is 20.0 Å². The van der Waals surface area contributed by atoms with E-state index in [1.54, 1.807) is 30.1 Å². The van der Waals surface area contributed by atoms with Crippen LogP contribution in [0, 0.1) is 6.92 Å². The van der Waals surface area contributed by atoms with Crippen LogP contribution in [0.15, 0.2) is 76.6 Å². The van der Waals surface area contributed by atoms with E-state index in [4.69, 9.17) is 0 Å². The summed E-state index contributed by atoms with van der Waals surface area (Å²) in [4.78, 5) is 42.6. The van der Waals surface area contributed by atoms with Crippen molar-refractivity contribution < 1.29 is 4.79 Å². The predicted octanol–water partition coefficient (Wildman–Crippen LogP) is 5.23. The molecule has 0 saturated heterocycles. The second kappa shape index (κ2) is 10.5. The lowest BCUT2D eigenvalue weighted by molar-refractivity contribution is 0.102. The van der Waals surface area contributed by atoms with Crippen LogP contribution in [0.2, 0.25) is 0 Å². The van der Waals surface area contributed by atoms with Gasteiger partial charge in [-0.15, -0.1) is 0 Å². The quantitative estimate of drug-likeness (QED) is 0.369. The highest BCUT2D eigenvalue weighted by atomic mass is 16.2. The van der Waals surface area contributed by atoms with Crippen molar-refractivity contribution in [2.75, 3.05) is 10.6 Å². The Bertz CT molecular complexity index is 1610. The third-order valence-electron chi connectivity index (χ3n) is 6.54. The molecule has 8 heteroatoms. The Labute approximate surface area is 222 Å². The van der Waals surface area contributed by atoms with Gasteiger partial charge in [0.15, 0.2) is 5.82 Å². The molecule has 0 saturated carbocycles. The van der Waals surface area contributed by atoms with Crippen molar-refractivity contribution in [2.45, 2.75) is 46.6 Å². The van der Waals surface area contributed by atoms with Gasteiger partial charge in [0.1, 0.15) is 0 Å². The maximum Gasteiger partial charge on any atom is 0.293 e. The van der Waals surface area contributed by atoms with Crippen LogP contribution in [0.25, 0.3) is 11.3 Å². The first-order valence-electron chi connectivity index (χ1n) is 12.5. The van der Waals surface area contributed by atoms with Gasteiger partial charge in [0.2, 0.25) is 0 Å². The largest absolute Gasteiger partial charge is 0.335 e. The summed E-state index contributed by atoms with van der Waals surface area (Å²) in [6.45, 7) is 10.7. The van der Waals surface area contributed by atoms with E-state index in [1.165, 1.54) is 10.6 Å². The van der Waals surface area contributed by atoms with Crippen molar-refractivity contribution >= 4 is 23.1 Å². The fraction of sp³-hybridized carbons (Fsp3) is 0.267. The molecule has 0 aliphatic carbocycles. The van der Waals surface area contributed by atoms with Gasteiger partial charge in [-0.2, -0.15) is 0 Å². The highest BCUT2D eigenvalue weighted by molar-refractivity contribution is 6.05. The summed E-state index contributed by atoms with van der Waals surface area (Å²) >= 11 is 0. The zero-order chi connectivity index (χ0) is 27.6. The first-order chi connectivity index (χ1) is 18.0. The highest BCUT2D eigenvalue weighted by Crippen LogP contribution is 2.28. The van der Waals surface area contributed by atoms with E-state index in [0.717, 1.165) is 16.7 Å². The van der Waals surface area contributed by atoms with Crippen LogP contribution in [0.4, 0.5) is 17.2 Å². The minimum Gasteiger partial charge on any atom is -0.335 e. The molecule has 38 heavy (non-hydrogen) atoms. The molecule has 4 rings (SSSR count). The minimum absolute atomic E-state index is 0.00557. The first kappa shape index (κ1) is 26.6. The van der Waals surface area contributed by atoms with Gasteiger partial charge in [-0.3, -0.25) is 14.4 Å². The Kier molecular flexibility index (Phi) is 7.35. The lowest BCUT2D eigenvalue weighted by Gasteiger charge is -2.19. The number of carbonyl (C=O) groups is 1. The van der Waals surface area contributed by atoms with Crippen LogP contribution in [0.5, 0.6) is 0 Å². The Hall–Kier alpha value is -4.46. The van der Waals surface area contributed by atoms with Gasteiger partial charge in [-0.1, -0.05) is 45.0 Å². The normalized spacial score (nSPS) is 11.3. The smallest absolute Gasteiger partial charge is 0.293 e. The van der Waals surface area contributed by atoms with Gasteiger partial charge in [-0.25, -0.2) is 4.98 Å². The molecule has 2 N–H and O–H groups in total. The maximum atomic E-state index is 13.0. The summed E-state index contributed by atoms with van der Waals surface area (Å²) in [5.74, 6) is -0.102. The average molecular weight is 512 g/mol. The number of aryl methyl sites for hydroxylation is 2. The molecule has 2 aromatic heterocycles. The lowest BCUT2D eigenvalue weighted by atomic mass is 9.86. The van der Waals surface area contributed by atoms with Crippen molar-refractivity contribution in [1.29, 1.82) is 0 Å². The van der Waals surface area contributed by atoms with Gasteiger partial charge < -0.3 is 19.8 Å². The van der Waals surface area contributed by atoms with E-state index in [-0.39, 0.29) is 28.3 Å². The van der Waals surface area contributed by atoms with E-state index in [1.807, 2.05) is 56.3 Å². The molecule has 0 fully saturated rings. The Balaban J connectivity index is 1.63. The molecule has 4 aromatic rings. The lowest BCUT2D eigenvalue weighted by Crippen LogP contribution is -2.23. The molecule has 8 nitrogen and oxygen atoms in total. The van der Waals surface area contributed by atoms with Crippen molar-refractivity contribution in [2.24, 2.45) is 7.05 Å². The summed E-state index contributed by atoms with van der Waals surface area (Å²) in [7, 11) is 1.65. The number of amides is 1. The van der Waals surface area contributed by atoms with E-state index >= 15 is 0 Å². The monoisotopic (exact) mass is 511 g/mol. The van der Waals surface area contributed by atoms with Gasteiger partial charge >= 0.3 is 0 Å². The second-order valence-corrected chi connectivity index (χ2v) is 10.3. The SMILES string of the molecule is CCn1ccc(Nc2nc(-c3cccc(NC(=O)c4ccc(C(C)(C)C)cc4)c3C)cn(C)c2=O)cc1=O. The van der Waals surface area contributed by atoms with Crippen LogP contribution < -0.4 is 21.8 Å². The summed E-state index contributed by atoms with van der Waals surface area (Å²) in [5.41, 5.74) is 4.51. The molecule has 2 aromatic carbocycles. The third-order valence-corrected chi connectivity index (χ3v) is 6.54. The number of nitrogens with zero attached hydrogens (tertiary/aromatic N) is 3. The van der Waals surface area contributed by atoms with Gasteiger partial charge in [0.05, 0.1) is 5.69 Å². The first-order valence-corrected chi connectivity index (χ1v) is 12.5. The van der Waals surface area contributed by atoms with Crippen LogP contribution in [0.1, 0.15) is 49.2 Å². The van der Waals surface area contributed by atoms with Crippen molar-refractivity contribution in [3.8, 4) is 11.3 Å². The standard InChI is InChI=1S/C30H33N5O3/c1-7-35-16-15-22(17-26(35)36)31-27-29(38)34(6)18-25(32-27)23-9-8-10-24(19(23)2)33-28(37)20-11-13-21(14-12-20)30(3,4)5/h8-18H,7H2,1-6H3,(H,31,32)(H,33,37). The molecule has 1 amide bonds. The fourth-order valence-electron chi connectivity index (χ4n) is 4.17. The predicted molar refractivity (Wildman–Crippen MR) is 152 cm³/mol. The van der Waals surface area contributed by atoms with Crippen molar-refractivity contribution in [1.82, 2.24) is 14.1 Å². The number of carbonyl (C=O) groups excluding carboxylic acids is 1. The van der Waals surface area contributed by atoms with Gasteiger partial charge in [0.25, 0.3) is 17.0 Å². The summed E-state index contributed by atoms with van der Waals surface area (Å²) in [5, 5.41) is 6.00. The van der Waals surface area contributed by atoms with E-state index in [9.17, 15) is 14.4 Å². The number of benzene rings is 2. The number of hydrogen-bond donors (Lipinski definition) is 2. The van der Waals surface area contributed by atoms with Crippen molar-refractivity contribution in [3.63, 3.8) is 0 Å². The molecule has 0 spiro atoms. The maximum absolute atomic E-state index is 13.0. The molecule has 0 aliphatic heterocycles. The average Bonchev–Trinajstić information content (AvgIpc) is 2.87. The second-order valence-electron chi connectivity index (χ2n) is 10.3. The molecular formula is C30H33N5O3. The summed E-state index contributed by atoms with van der Waals surface area (Å²) in [6.07, 6.45) is 3.33. The molecule has 0 aliphatic rings. The zero-order valence-corrected chi connectivity index (χ0v) is 22.6. The number of pyridine rings is 1. The van der Waals surface area contributed by atoms with Crippen LogP contribution >= 0.6 is 0 Å². The molecule has 0 unspecified atom stereocenters. The molecular weight excluding hydrogens is 478 g/mol. The number of aromatic nitrogens is 3. The molecule has 0 bridgehead atoms. The molecule has 2 heterocycles. The number of rotatable bonds is 6. The van der Waals surface area contributed by atoms with Crippen LogP contribution in [0.3, 0.4) is 0 Å². The summed E-state index contributed by atoms with van der Waals surface area (Å²) < 4.78 is 3.01. The highest BCUT2D eigenvalue weighted by Gasteiger charge is 2.16. The van der Waals surface area contributed by atoms with Gasteiger partial charge in [-0.05, 0) is 54.7 Å². The van der Waals surface area contributed by atoms with Crippen molar-refractivity contribution in [3.05, 3.63) is 104 Å². The topological polar surface area (TPSA) is 98.0 Å². The molecule has 0 radical (unpaired) electrons.